The minimum absolute atomic E-state index is 0.0613. The molecule has 0 atom stereocenters. The van der Waals surface area contributed by atoms with E-state index in [0.29, 0.717) is 22.9 Å². The highest BCUT2D eigenvalue weighted by molar-refractivity contribution is 5.91. The number of pyridine rings is 1. The third-order valence-electron chi connectivity index (χ3n) is 2.79. The van der Waals surface area contributed by atoms with Crippen molar-refractivity contribution in [3.63, 3.8) is 0 Å². The first-order chi connectivity index (χ1) is 9.54. The number of nitrogen functional groups attached to an aromatic ring is 1. The molecule has 2 aromatic rings. The van der Waals surface area contributed by atoms with Gasteiger partial charge >= 0.3 is 0 Å². The van der Waals surface area contributed by atoms with Gasteiger partial charge in [0.15, 0.2) is 6.61 Å². The van der Waals surface area contributed by atoms with Crippen molar-refractivity contribution in [2.45, 2.75) is 13.8 Å². The van der Waals surface area contributed by atoms with Crippen LogP contribution in [0, 0.1) is 13.8 Å². The summed E-state index contributed by atoms with van der Waals surface area (Å²) in [5.41, 5.74) is 8.09. The molecule has 0 saturated carbocycles. The Morgan fingerprint density at radius 1 is 1.20 bits per heavy atom. The maximum Gasteiger partial charge on any atom is 0.263 e. The average Bonchev–Trinajstić information content (AvgIpc) is 2.42. The molecule has 1 amide bonds. The van der Waals surface area contributed by atoms with Crippen LogP contribution in [0.2, 0.25) is 0 Å². The first kappa shape index (κ1) is 13.9. The van der Waals surface area contributed by atoms with Crippen LogP contribution < -0.4 is 15.8 Å². The summed E-state index contributed by atoms with van der Waals surface area (Å²) < 4.78 is 5.38. The summed E-state index contributed by atoms with van der Waals surface area (Å²) in [5.74, 6) is 0.864. The van der Waals surface area contributed by atoms with Gasteiger partial charge in [0.2, 0.25) is 0 Å². The zero-order valence-corrected chi connectivity index (χ0v) is 11.5. The highest BCUT2D eigenvalue weighted by atomic mass is 16.5. The van der Waals surface area contributed by atoms with Crippen LogP contribution in [0.15, 0.2) is 36.4 Å². The lowest BCUT2D eigenvalue weighted by Crippen LogP contribution is -2.21. The van der Waals surface area contributed by atoms with E-state index in [1.165, 1.54) is 0 Å². The van der Waals surface area contributed by atoms with Crippen molar-refractivity contribution < 1.29 is 9.53 Å². The number of carbonyl (C=O) groups excluding carboxylic acids is 1. The van der Waals surface area contributed by atoms with E-state index in [1.54, 1.807) is 19.1 Å². The van der Waals surface area contributed by atoms with Gasteiger partial charge in [0.25, 0.3) is 5.91 Å². The Labute approximate surface area is 117 Å². The molecule has 0 aliphatic heterocycles. The van der Waals surface area contributed by atoms with Crippen molar-refractivity contribution >= 4 is 17.4 Å². The number of hydrogen-bond donors (Lipinski definition) is 2. The third kappa shape index (κ3) is 3.71. The van der Waals surface area contributed by atoms with Crippen molar-refractivity contribution in [3.05, 3.63) is 47.7 Å². The number of carbonyl (C=O) groups is 1. The van der Waals surface area contributed by atoms with Crippen LogP contribution in [-0.2, 0) is 4.79 Å². The summed E-state index contributed by atoms with van der Waals surface area (Å²) in [6.45, 7) is 3.72. The maximum atomic E-state index is 11.7. The molecule has 5 heteroatoms. The van der Waals surface area contributed by atoms with Crippen molar-refractivity contribution in [1.82, 2.24) is 4.98 Å². The van der Waals surface area contributed by atoms with Gasteiger partial charge in [-0.25, -0.2) is 4.98 Å². The van der Waals surface area contributed by atoms with Crippen LogP contribution in [0.1, 0.15) is 11.3 Å². The molecule has 0 bridgehead atoms. The van der Waals surface area contributed by atoms with Crippen molar-refractivity contribution in [2.24, 2.45) is 0 Å². The van der Waals surface area contributed by atoms with E-state index < -0.39 is 0 Å². The monoisotopic (exact) mass is 271 g/mol. The molecular weight excluding hydrogens is 254 g/mol. The highest BCUT2D eigenvalue weighted by Gasteiger charge is 2.05. The maximum absolute atomic E-state index is 11.7. The number of aryl methyl sites for hydroxylation is 2. The molecule has 104 valence electrons. The van der Waals surface area contributed by atoms with Crippen LogP contribution >= 0.6 is 0 Å². The van der Waals surface area contributed by atoms with Crippen LogP contribution in [0.5, 0.6) is 5.75 Å². The van der Waals surface area contributed by atoms with E-state index in [-0.39, 0.29) is 12.5 Å². The lowest BCUT2D eigenvalue weighted by molar-refractivity contribution is -0.118. The lowest BCUT2D eigenvalue weighted by atomic mass is 10.2. The summed E-state index contributed by atoms with van der Waals surface area (Å²) in [6, 6.07) is 10.9. The highest BCUT2D eigenvalue weighted by Crippen LogP contribution is 2.13. The number of aromatic nitrogens is 1. The molecule has 0 spiro atoms. The zero-order valence-electron chi connectivity index (χ0n) is 11.5. The van der Waals surface area contributed by atoms with E-state index in [4.69, 9.17) is 10.5 Å². The largest absolute Gasteiger partial charge is 0.484 e. The van der Waals surface area contributed by atoms with Gasteiger partial charge in [0, 0.05) is 0 Å². The average molecular weight is 271 g/mol. The van der Waals surface area contributed by atoms with Crippen molar-refractivity contribution in [3.8, 4) is 5.75 Å². The van der Waals surface area contributed by atoms with Crippen molar-refractivity contribution in [1.29, 1.82) is 0 Å². The molecule has 0 fully saturated rings. The second-order valence-corrected chi connectivity index (χ2v) is 4.52. The number of nitrogens with two attached hydrogens (primary N) is 1. The number of anilines is 2. The molecule has 1 aromatic carbocycles. The second kappa shape index (κ2) is 6.06. The number of benzene rings is 1. The van der Waals surface area contributed by atoms with Gasteiger partial charge in [-0.3, -0.25) is 4.79 Å². The molecule has 0 aliphatic carbocycles. The zero-order chi connectivity index (χ0) is 14.5. The Kier molecular flexibility index (Phi) is 4.20. The Hall–Kier alpha value is -2.56. The molecule has 3 N–H and O–H groups in total. The summed E-state index contributed by atoms with van der Waals surface area (Å²) in [4.78, 5) is 15.9. The SMILES string of the molecule is Cc1ccc(OCC(=O)Nc2ccc(N)c(C)n2)cc1. The number of nitrogens with zero attached hydrogens (tertiary/aromatic N) is 1. The van der Waals surface area contributed by atoms with Crippen LogP contribution in [0.4, 0.5) is 11.5 Å². The Morgan fingerprint density at radius 2 is 1.90 bits per heavy atom. The molecule has 0 unspecified atom stereocenters. The quantitative estimate of drug-likeness (QED) is 0.894. The smallest absolute Gasteiger partial charge is 0.263 e. The van der Waals surface area contributed by atoms with Gasteiger partial charge in [0.1, 0.15) is 11.6 Å². The van der Waals surface area contributed by atoms with Crippen LogP contribution in [-0.4, -0.2) is 17.5 Å². The van der Waals surface area contributed by atoms with E-state index in [9.17, 15) is 4.79 Å². The predicted molar refractivity (Wildman–Crippen MR) is 78.7 cm³/mol. The van der Waals surface area contributed by atoms with Gasteiger partial charge < -0.3 is 15.8 Å². The number of nitrogens with one attached hydrogen (secondary N) is 1. The topological polar surface area (TPSA) is 77.2 Å². The predicted octanol–water partition coefficient (Wildman–Crippen LogP) is 2.30. The molecule has 2 rings (SSSR count). The summed E-state index contributed by atoms with van der Waals surface area (Å²) in [5, 5.41) is 2.66. The fraction of sp³-hybridized carbons (Fsp3) is 0.200. The van der Waals surface area contributed by atoms with Gasteiger partial charge in [-0.2, -0.15) is 0 Å². The first-order valence-corrected chi connectivity index (χ1v) is 6.27. The Balaban J connectivity index is 1.89. The first-order valence-electron chi connectivity index (χ1n) is 6.27. The molecule has 0 saturated heterocycles. The number of rotatable bonds is 4. The van der Waals surface area contributed by atoms with Gasteiger partial charge in [0.05, 0.1) is 11.4 Å². The summed E-state index contributed by atoms with van der Waals surface area (Å²) >= 11 is 0. The molecule has 20 heavy (non-hydrogen) atoms. The van der Waals surface area contributed by atoms with E-state index in [0.717, 1.165) is 5.56 Å². The third-order valence-corrected chi connectivity index (χ3v) is 2.79. The summed E-state index contributed by atoms with van der Waals surface area (Å²) in [7, 11) is 0. The standard InChI is InChI=1S/C15H17N3O2/c1-10-3-5-12(6-4-10)20-9-15(19)18-14-8-7-13(16)11(2)17-14/h3-8H,9,16H2,1-2H3,(H,17,18,19). The fourth-order valence-corrected chi connectivity index (χ4v) is 1.60. The molecule has 1 aromatic heterocycles. The minimum Gasteiger partial charge on any atom is -0.484 e. The molecule has 1 heterocycles. The number of amides is 1. The lowest BCUT2D eigenvalue weighted by Gasteiger charge is -2.08. The Morgan fingerprint density at radius 3 is 2.55 bits per heavy atom. The van der Waals surface area contributed by atoms with Gasteiger partial charge in [-0.1, -0.05) is 17.7 Å². The molecular formula is C15H17N3O2. The van der Waals surface area contributed by atoms with E-state index >= 15 is 0 Å². The second-order valence-electron chi connectivity index (χ2n) is 4.52. The fourth-order valence-electron chi connectivity index (χ4n) is 1.60. The molecule has 0 aliphatic rings. The van der Waals surface area contributed by atoms with Gasteiger partial charge in [-0.05, 0) is 38.1 Å². The van der Waals surface area contributed by atoms with E-state index in [2.05, 4.69) is 10.3 Å². The molecule has 5 nitrogen and oxygen atoms in total. The molecule has 0 radical (unpaired) electrons. The number of hydrogen-bond acceptors (Lipinski definition) is 4. The minimum atomic E-state index is -0.262. The Bertz CT molecular complexity index is 609. The van der Waals surface area contributed by atoms with Gasteiger partial charge in [-0.15, -0.1) is 0 Å². The normalized spacial score (nSPS) is 10.1. The van der Waals surface area contributed by atoms with Crippen LogP contribution in [0.25, 0.3) is 0 Å². The van der Waals surface area contributed by atoms with Crippen molar-refractivity contribution in [2.75, 3.05) is 17.7 Å². The van der Waals surface area contributed by atoms with Crippen LogP contribution in [0.3, 0.4) is 0 Å². The number of ether oxygens (including phenoxy) is 1. The van der Waals surface area contributed by atoms with E-state index in [1.807, 2.05) is 31.2 Å². The summed E-state index contributed by atoms with van der Waals surface area (Å²) in [6.07, 6.45) is 0.